The molecular formula is C17H13N5O. The van der Waals surface area contributed by atoms with Crippen molar-refractivity contribution < 1.29 is 4.79 Å². The van der Waals surface area contributed by atoms with Gasteiger partial charge in [0, 0.05) is 23.7 Å². The highest BCUT2D eigenvalue weighted by atomic mass is 16.1. The molecule has 0 atom stereocenters. The van der Waals surface area contributed by atoms with Crippen LogP contribution in [0.4, 0.5) is 5.82 Å². The number of hydrogen-bond acceptors (Lipinski definition) is 4. The average molecular weight is 303 g/mol. The molecular weight excluding hydrogens is 290 g/mol. The summed E-state index contributed by atoms with van der Waals surface area (Å²) in [6.07, 6.45) is 3.98. The fraction of sp³-hybridized carbons (Fsp3) is 0.176. The van der Waals surface area contributed by atoms with Gasteiger partial charge in [-0.2, -0.15) is 14.9 Å². The maximum absolute atomic E-state index is 12.4. The molecule has 0 spiro atoms. The summed E-state index contributed by atoms with van der Waals surface area (Å²) >= 11 is 0. The predicted molar refractivity (Wildman–Crippen MR) is 84.1 cm³/mol. The van der Waals surface area contributed by atoms with Crippen LogP contribution >= 0.6 is 0 Å². The van der Waals surface area contributed by atoms with Crippen molar-refractivity contribution in [1.82, 2.24) is 14.6 Å². The van der Waals surface area contributed by atoms with Gasteiger partial charge in [0.15, 0.2) is 5.65 Å². The Morgan fingerprint density at radius 2 is 2.04 bits per heavy atom. The van der Waals surface area contributed by atoms with Crippen molar-refractivity contribution in [2.75, 3.05) is 5.32 Å². The van der Waals surface area contributed by atoms with Crippen LogP contribution < -0.4 is 5.32 Å². The quantitative estimate of drug-likeness (QED) is 0.806. The summed E-state index contributed by atoms with van der Waals surface area (Å²) in [5.74, 6) is 0.862. The molecule has 0 saturated heterocycles. The first-order chi connectivity index (χ1) is 11.2. The molecule has 0 aliphatic heterocycles. The molecule has 4 rings (SSSR count). The van der Waals surface area contributed by atoms with Gasteiger partial charge >= 0.3 is 0 Å². The number of carbonyl (C=O) groups excluding carboxylic acids is 1. The monoisotopic (exact) mass is 303 g/mol. The van der Waals surface area contributed by atoms with Crippen molar-refractivity contribution in [2.24, 2.45) is 0 Å². The molecule has 0 unspecified atom stereocenters. The number of nitrogens with one attached hydrogen (secondary N) is 1. The van der Waals surface area contributed by atoms with Crippen LogP contribution in [0.3, 0.4) is 0 Å². The summed E-state index contributed by atoms with van der Waals surface area (Å²) in [5.41, 5.74) is 2.76. The largest absolute Gasteiger partial charge is 0.306 e. The van der Waals surface area contributed by atoms with Crippen LogP contribution in [-0.2, 0) is 0 Å². The summed E-state index contributed by atoms with van der Waals surface area (Å²) in [6.45, 7) is 0. The second kappa shape index (κ2) is 5.21. The van der Waals surface area contributed by atoms with Crippen LogP contribution in [0.15, 0.2) is 42.6 Å². The first kappa shape index (κ1) is 13.5. The summed E-state index contributed by atoms with van der Waals surface area (Å²) in [4.78, 5) is 16.6. The number of amides is 1. The number of benzene rings is 1. The summed E-state index contributed by atoms with van der Waals surface area (Å²) in [5, 5.41) is 16.2. The van der Waals surface area contributed by atoms with Crippen LogP contribution in [-0.4, -0.2) is 20.5 Å². The molecule has 1 aromatic carbocycles. The van der Waals surface area contributed by atoms with Gasteiger partial charge in [0.2, 0.25) is 0 Å². The van der Waals surface area contributed by atoms with E-state index >= 15 is 0 Å². The molecule has 2 aromatic heterocycles. The third-order valence-corrected chi connectivity index (χ3v) is 3.89. The van der Waals surface area contributed by atoms with E-state index in [-0.39, 0.29) is 5.91 Å². The van der Waals surface area contributed by atoms with Crippen molar-refractivity contribution in [3.63, 3.8) is 0 Å². The summed E-state index contributed by atoms with van der Waals surface area (Å²) in [7, 11) is 0. The van der Waals surface area contributed by atoms with Crippen LogP contribution in [0.25, 0.3) is 5.65 Å². The maximum atomic E-state index is 12.4. The van der Waals surface area contributed by atoms with E-state index < -0.39 is 0 Å². The molecule has 1 N–H and O–H groups in total. The van der Waals surface area contributed by atoms with Crippen LogP contribution in [0.5, 0.6) is 0 Å². The molecule has 1 aliphatic carbocycles. The number of fused-ring (bicyclic) bond motifs is 1. The molecule has 3 aromatic rings. The molecule has 1 aliphatic rings. The maximum Gasteiger partial charge on any atom is 0.256 e. The van der Waals surface area contributed by atoms with Gasteiger partial charge in [0.05, 0.1) is 17.3 Å². The van der Waals surface area contributed by atoms with E-state index in [1.54, 1.807) is 41.0 Å². The number of anilines is 1. The number of aromatic nitrogens is 3. The fourth-order valence-electron chi connectivity index (χ4n) is 2.47. The first-order valence-corrected chi connectivity index (χ1v) is 7.41. The van der Waals surface area contributed by atoms with Crippen molar-refractivity contribution in [2.45, 2.75) is 18.8 Å². The third-order valence-electron chi connectivity index (χ3n) is 3.89. The second-order valence-corrected chi connectivity index (χ2v) is 5.59. The van der Waals surface area contributed by atoms with E-state index in [9.17, 15) is 4.79 Å². The minimum atomic E-state index is -0.245. The lowest BCUT2D eigenvalue weighted by Gasteiger charge is -2.07. The minimum Gasteiger partial charge on any atom is -0.306 e. The van der Waals surface area contributed by atoms with Crippen molar-refractivity contribution in [3.05, 3.63) is 59.4 Å². The third kappa shape index (κ3) is 2.53. The van der Waals surface area contributed by atoms with Gasteiger partial charge in [0.25, 0.3) is 5.91 Å². The lowest BCUT2D eigenvalue weighted by molar-refractivity contribution is 0.102. The highest BCUT2D eigenvalue weighted by Crippen LogP contribution is 2.39. The second-order valence-electron chi connectivity index (χ2n) is 5.59. The van der Waals surface area contributed by atoms with Gasteiger partial charge in [-0.3, -0.25) is 4.79 Å². The van der Waals surface area contributed by atoms with E-state index in [1.165, 1.54) is 0 Å². The zero-order valence-electron chi connectivity index (χ0n) is 12.2. The molecule has 1 fully saturated rings. The summed E-state index contributed by atoms with van der Waals surface area (Å²) in [6, 6.07) is 12.2. The SMILES string of the molecule is N#Cc1ccc(C(=O)Nc2ccnc3cc(C4CC4)nn23)cc1. The summed E-state index contributed by atoms with van der Waals surface area (Å²) < 4.78 is 1.66. The Bertz CT molecular complexity index is 932. The molecule has 23 heavy (non-hydrogen) atoms. The van der Waals surface area contributed by atoms with Gasteiger partial charge < -0.3 is 5.32 Å². The Hall–Kier alpha value is -3.20. The number of carbonyl (C=O) groups is 1. The normalized spacial score (nSPS) is 13.7. The van der Waals surface area contributed by atoms with E-state index in [0.717, 1.165) is 24.2 Å². The number of nitrogens with zero attached hydrogens (tertiary/aromatic N) is 4. The number of rotatable bonds is 3. The Morgan fingerprint density at radius 3 is 2.74 bits per heavy atom. The minimum absolute atomic E-state index is 0.245. The van der Waals surface area contributed by atoms with Gasteiger partial charge in [-0.25, -0.2) is 4.98 Å². The Labute approximate surface area is 132 Å². The fourth-order valence-corrected chi connectivity index (χ4v) is 2.47. The standard InChI is InChI=1S/C17H13N5O/c18-10-11-1-3-13(4-2-11)17(23)20-15-7-8-19-16-9-14(12-5-6-12)21-22(15)16/h1-4,7-9,12H,5-6H2,(H,20,23). The Morgan fingerprint density at radius 1 is 1.26 bits per heavy atom. The van der Waals surface area contributed by atoms with Crippen molar-refractivity contribution in [3.8, 4) is 6.07 Å². The van der Waals surface area contributed by atoms with Crippen molar-refractivity contribution >= 4 is 17.4 Å². The lowest BCUT2D eigenvalue weighted by Crippen LogP contribution is -2.15. The smallest absolute Gasteiger partial charge is 0.256 e. The van der Waals surface area contributed by atoms with Gasteiger partial charge in [-0.1, -0.05) is 0 Å². The molecule has 1 saturated carbocycles. The molecule has 6 heteroatoms. The van der Waals surface area contributed by atoms with E-state index in [0.29, 0.717) is 22.9 Å². The van der Waals surface area contributed by atoms with Crippen LogP contribution in [0.1, 0.15) is 40.4 Å². The Kier molecular flexibility index (Phi) is 3.05. The van der Waals surface area contributed by atoms with Gasteiger partial charge in [-0.05, 0) is 43.2 Å². The van der Waals surface area contributed by atoms with E-state index in [1.807, 2.05) is 12.1 Å². The first-order valence-electron chi connectivity index (χ1n) is 7.41. The topological polar surface area (TPSA) is 83.1 Å². The lowest BCUT2D eigenvalue weighted by atomic mass is 10.1. The van der Waals surface area contributed by atoms with Gasteiger partial charge in [0.1, 0.15) is 5.82 Å². The Balaban J connectivity index is 1.63. The molecule has 2 heterocycles. The van der Waals surface area contributed by atoms with Crippen LogP contribution in [0, 0.1) is 11.3 Å². The number of hydrogen-bond donors (Lipinski definition) is 1. The molecule has 1 amide bonds. The molecule has 0 radical (unpaired) electrons. The predicted octanol–water partition coefficient (Wildman–Crippen LogP) is 2.73. The highest BCUT2D eigenvalue weighted by Gasteiger charge is 2.27. The highest BCUT2D eigenvalue weighted by molar-refractivity contribution is 6.03. The van der Waals surface area contributed by atoms with Crippen molar-refractivity contribution in [1.29, 1.82) is 5.26 Å². The van der Waals surface area contributed by atoms with Crippen LogP contribution in [0.2, 0.25) is 0 Å². The molecule has 6 nitrogen and oxygen atoms in total. The van der Waals surface area contributed by atoms with E-state index in [2.05, 4.69) is 15.4 Å². The van der Waals surface area contributed by atoms with Gasteiger partial charge in [-0.15, -0.1) is 0 Å². The van der Waals surface area contributed by atoms with E-state index in [4.69, 9.17) is 5.26 Å². The molecule has 112 valence electrons. The molecule has 0 bridgehead atoms. The number of nitriles is 1. The zero-order valence-corrected chi connectivity index (χ0v) is 12.2. The average Bonchev–Trinajstić information content (AvgIpc) is 3.34. The zero-order chi connectivity index (χ0) is 15.8.